The fourth-order valence-corrected chi connectivity index (χ4v) is 8.73. The summed E-state index contributed by atoms with van der Waals surface area (Å²) in [6, 6.07) is 8.31. The molecule has 7 rings (SSSR count). The predicted octanol–water partition coefficient (Wildman–Crippen LogP) is 3.27. The summed E-state index contributed by atoms with van der Waals surface area (Å²) in [6.45, 7) is 1.39. The number of aliphatic carboxylic acids is 1. The van der Waals surface area contributed by atoms with Gasteiger partial charge in [-0.05, 0) is 80.5 Å². The average molecular weight is 614 g/mol. The molecule has 43 heavy (non-hydrogen) atoms. The van der Waals surface area contributed by atoms with E-state index in [1.807, 2.05) is 24.3 Å². The van der Waals surface area contributed by atoms with E-state index in [1.54, 1.807) is 0 Å². The fraction of sp³-hybridized carbons (Fsp3) is 0.516. The molecule has 0 radical (unpaired) electrons. The molecule has 2 heterocycles. The number of benzene rings is 2. The van der Waals surface area contributed by atoms with E-state index in [1.165, 1.54) is 4.90 Å². The lowest BCUT2D eigenvalue weighted by Gasteiger charge is -2.51. The first-order valence-electron chi connectivity index (χ1n) is 14.8. The number of halogens is 1. The number of amides is 2. The van der Waals surface area contributed by atoms with Crippen LogP contribution in [-0.2, 0) is 30.7 Å². The average Bonchev–Trinajstić information content (AvgIpc) is 3.06. The van der Waals surface area contributed by atoms with Crippen LogP contribution in [0.2, 0.25) is 0 Å². The van der Waals surface area contributed by atoms with Crippen molar-refractivity contribution in [2.45, 2.75) is 80.3 Å². The third-order valence-corrected chi connectivity index (χ3v) is 11.8. The van der Waals surface area contributed by atoms with Crippen LogP contribution < -0.4 is 16.0 Å². The minimum Gasteiger partial charge on any atom is -0.481 e. The summed E-state index contributed by atoms with van der Waals surface area (Å²) < 4.78 is 47.4. The summed E-state index contributed by atoms with van der Waals surface area (Å²) in [5.74, 6) is -3.53. The number of ether oxygens (including phenoxy) is 1. The van der Waals surface area contributed by atoms with Crippen LogP contribution in [0.5, 0.6) is 0 Å². The van der Waals surface area contributed by atoms with E-state index in [0.717, 1.165) is 36.1 Å². The van der Waals surface area contributed by atoms with E-state index in [2.05, 4.69) is 5.32 Å². The monoisotopic (exact) mass is 613 g/mol. The highest BCUT2D eigenvalue weighted by atomic mass is 32.2. The first kappa shape index (κ1) is 29.7. The second-order valence-corrected chi connectivity index (χ2v) is 14.6. The maximum Gasteiger partial charge on any atom is 0.309 e. The Hall–Kier alpha value is -3.35. The van der Waals surface area contributed by atoms with Crippen molar-refractivity contribution in [3.63, 3.8) is 0 Å². The van der Waals surface area contributed by atoms with Crippen molar-refractivity contribution < 1.29 is 37.0 Å². The molecule has 1 atom stereocenters. The van der Waals surface area contributed by atoms with Gasteiger partial charge in [0.1, 0.15) is 5.82 Å². The van der Waals surface area contributed by atoms with Crippen molar-refractivity contribution in [3.05, 3.63) is 58.9 Å². The molecule has 4 fully saturated rings. The largest absolute Gasteiger partial charge is 0.481 e. The molecule has 2 aromatic carbocycles. The first-order chi connectivity index (χ1) is 20.4. The number of nitrogens with one attached hydrogen (secondary N) is 1. The smallest absolute Gasteiger partial charge is 0.309 e. The number of carbonyl (C=O) groups excluding carboxylic acids is 2. The predicted molar refractivity (Wildman–Crippen MR) is 155 cm³/mol. The summed E-state index contributed by atoms with van der Waals surface area (Å²) >= 11 is 0. The van der Waals surface area contributed by atoms with Crippen LogP contribution in [0.1, 0.15) is 78.8 Å². The molecule has 10 nitrogen and oxygen atoms in total. The number of hydrogen-bond acceptors (Lipinski definition) is 7. The van der Waals surface area contributed by atoms with Gasteiger partial charge in [-0.25, -0.2) is 12.8 Å². The van der Waals surface area contributed by atoms with Crippen LogP contribution in [0.3, 0.4) is 0 Å². The number of fused-ring (bicyclic) bond motifs is 4. The molecule has 1 saturated heterocycles. The molecule has 12 heteroatoms. The van der Waals surface area contributed by atoms with E-state index in [4.69, 9.17) is 10.5 Å². The summed E-state index contributed by atoms with van der Waals surface area (Å²) in [7, 11) is -4.15. The van der Waals surface area contributed by atoms with E-state index < -0.39 is 56.2 Å². The normalized spacial score (nSPS) is 28.7. The zero-order valence-electron chi connectivity index (χ0n) is 23.8. The van der Waals surface area contributed by atoms with Crippen LogP contribution in [0, 0.1) is 11.2 Å². The molecular formula is C31H36FN3O7S. The number of rotatable bonds is 6. The molecular weight excluding hydrogens is 577 g/mol. The highest BCUT2D eigenvalue weighted by Crippen LogP contribution is 2.52. The van der Waals surface area contributed by atoms with Crippen LogP contribution in [0.4, 0.5) is 10.1 Å². The summed E-state index contributed by atoms with van der Waals surface area (Å²) in [6.07, 6.45) is 4.45. The number of carboxylic acid groups (broad SMARTS) is 1. The quantitative estimate of drug-likeness (QED) is 0.448. The number of anilines is 1. The summed E-state index contributed by atoms with van der Waals surface area (Å²) in [5, 5.41) is 12.6. The third-order valence-electron chi connectivity index (χ3n) is 9.99. The topological polar surface area (TPSA) is 156 Å². The van der Waals surface area contributed by atoms with Crippen molar-refractivity contribution in [3.8, 4) is 0 Å². The Morgan fingerprint density at radius 3 is 2.28 bits per heavy atom. The van der Waals surface area contributed by atoms with Gasteiger partial charge in [-0.1, -0.05) is 24.3 Å². The molecule has 3 saturated carbocycles. The van der Waals surface area contributed by atoms with Gasteiger partial charge in [0.05, 0.1) is 39.9 Å². The lowest BCUT2D eigenvalue weighted by atomic mass is 9.57. The number of nitrogens with two attached hydrogens (primary N) is 1. The SMILES string of the molecule is N[C@H]1CS(=O)(=O)c2cc(F)c(C(=O)NC34CCC(C(=O)O)(CC3)CC4)cc2N(Cc2ccc(C3CCOCC3)cc2)C1=O. The Balaban J connectivity index is 1.31. The molecule has 0 unspecified atom stereocenters. The van der Waals surface area contributed by atoms with Gasteiger partial charge in [0.2, 0.25) is 5.91 Å². The second-order valence-electron chi connectivity index (χ2n) is 12.6. The van der Waals surface area contributed by atoms with Gasteiger partial charge in [-0.2, -0.15) is 0 Å². The highest BCUT2D eigenvalue weighted by Gasteiger charge is 2.53. The van der Waals surface area contributed by atoms with Gasteiger partial charge in [0.25, 0.3) is 5.91 Å². The molecule has 2 amide bonds. The van der Waals surface area contributed by atoms with E-state index in [9.17, 15) is 27.9 Å². The van der Waals surface area contributed by atoms with Crippen molar-refractivity contribution in [1.29, 1.82) is 0 Å². The Morgan fingerprint density at radius 2 is 1.67 bits per heavy atom. The fourth-order valence-electron chi connectivity index (χ4n) is 7.17. The summed E-state index contributed by atoms with van der Waals surface area (Å²) in [5.41, 5.74) is 6.00. The number of sulfone groups is 1. The van der Waals surface area contributed by atoms with Gasteiger partial charge >= 0.3 is 5.97 Å². The van der Waals surface area contributed by atoms with Crippen LogP contribution in [0.25, 0.3) is 0 Å². The molecule has 5 aliphatic rings. The van der Waals surface area contributed by atoms with Gasteiger partial charge in [0.15, 0.2) is 9.84 Å². The van der Waals surface area contributed by atoms with E-state index in [0.29, 0.717) is 57.7 Å². The van der Waals surface area contributed by atoms with Crippen LogP contribution >= 0.6 is 0 Å². The lowest BCUT2D eigenvalue weighted by Crippen LogP contribution is -2.58. The van der Waals surface area contributed by atoms with Crippen LogP contribution in [0.15, 0.2) is 41.3 Å². The van der Waals surface area contributed by atoms with Gasteiger partial charge in [-0.3, -0.25) is 14.4 Å². The minimum absolute atomic E-state index is 0.0169. The van der Waals surface area contributed by atoms with Crippen molar-refractivity contribution in [2.75, 3.05) is 23.9 Å². The Morgan fingerprint density at radius 1 is 1.05 bits per heavy atom. The molecule has 3 aliphatic carbocycles. The van der Waals surface area contributed by atoms with Gasteiger partial charge in [0, 0.05) is 18.8 Å². The number of carbonyl (C=O) groups is 3. The standard InChI is InChI=1S/C31H36FN3O7S/c32-23-16-26-25(15-22(23)27(36)34-31-10-7-30(8-11-31,9-12-31)29(38)39)35(28(37)24(33)18-43(26,40)41)17-19-1-3-20(4-2-19)21-5-13-42-14-6-21/h1-4,15-16,21,24H,5-14,17-18,33H2,(H,34,36)(H,38,39)/t24-,30?,31?/m0/s1. The molecule has 2 aliphatic heterocycles. The zero-order valence-corrected chi connectivity index (χ0v) is 24.6. The Kier molecular flexibility index (Phi) is 7.58. The molecule has 0 spiro atoms. The first-order valence-corrected chi connectivity index (χ1v) is 16.4. The number of carboxylic acids is 1. The van der Waals surface area contributed by atoms with E-state index in [-0.39, 0.29) is 22.7 Å². The number of hydrogen-bond donors (Lipinski definition) is 3. The molecule has 230 valence electrons. The van der Waals surface area contributed by atoms with Crippen molar-refractivity contribution in [2.24, 2.45) is 11.1 Å². The van der Waals surface area contributed by atoms with Crippen LogP contribution in [-0.4, -0.2) is 61.9 Å². The maximum atomic E-state index is 15.5. The second kappa shape index (κ2) is 11.0. The Labute approximate surface area is 249 Å². The van der Waals surface area contributed by atoms with Crippen molar-refractivity contribution >= 4 is 33.3 Å². The summed E-state index contributed by atoms with van der Waals surface area (Å²) in [4.78, 5) is 39.6. The number of nitrogens with zero attached hydrogens (tertiary/aromatic N) is 1. The molecule has 0 aromatic heterocycles. The maximum absolute atomic E-state index is 15.5. The third kappa shape index (κ3) is 5.44. The van der Waals surface area contributed by atoms with Gasteiger partial charge < -0.3 is 25.8 Å². The highest BCUT2D eigenvalue weighted by molar-refractivity contribution is 7.91. The minimum atomic E-state index is -4.15. The molecule has 4 N–H and O–H groups in total. The molecule has 2 bridgehead atoms. The van der Waals surface area contributed by atoms with Gasteiger partial charge in [-0.15, -0.1) is 0 Å². The van der Waals surface area contributed by atoms with E-state index >= 15 is 4.39 Å². The Bertz CT molecular complexity index is 1550. The zero-order chi connectivity index (χ0) is 30.6. The lowest BCUT2D eigenvalue weighted by molar-refractivity contribution is -0.156. The van der Waals surface area contributed by atoms with Crippen molar-refractivity contribution in [1.82, 2.24) is 5.32 Å². The molecule has 2 aromatic rings.